The third-order valence-electron chi connectivity index (χ3n) is 3.81. The van der Waals surface area contributed by atoms with E-state index in [1.54, 1.807) is 0 Å². The molecule has 0 spiro atoms. The topological polar surface area (TPSA) is 61.5 Å². The maximum absolute atomic E-state index is 14.0. The van der Waals surface area contributed by atoms with Crippen LogP contribution in [0, 0.1) is 5.82 Å². The molecule has 1 saturated heterocycles. The highest BCUT2D eigenvalue weighted by Gasteiger charge is 2.53. The van der Waals surface area contributed by atoms with Gasteiger partial charge in [-0.15, -0.1) is 0 Å². The highest BCUT2D eigenvalue weighted by Crippen LogP contribution is 2.36. The first-order valence-electron chi connectivity index (χ1n) is 6.09. The summed E-state index contributed by atoms with van der Waals surface area (Å²) < 4.78 is 25.5. The number of rotatable bonds is 2. The zero-order valence-corrected chi connectivity index (χ0v) is 11.5. The van der Waals surface area contributed by atoms with Crippen molar-refractivity contribution in [3.63, 3.8) is 0 Å². The van der Waals surface area contributed by atoms with E-state index in [-0.39, 0.29) is 11.0 Å². The van der Waals surface area contributed by atoms with Gasteiger partial charge in [0.15, 0.2) is 0 Å². The van der Waals surface area contributed by atoms with Gasteiger partial charge in [0, 0.05) is 11.0 Å². The van der Waals surface area contributed by atoms with Gasteiger partial charge in [0.1, 0.15) is 5.82 Å². The average molecular weight is 265 g/mol. The molecule has 0 saturated carbocycles. The lowest BCUT2D eigenvalue weighted by molar-refractivity contribution is 0.00578. The number of carbonyl (C=O) groups excluding carboxylic acids is 1. The second-order valence-corrected chi connectivity index (χ2v) is 5.65. The van der Waals surface area contributed by atoms with Gasteiger partial charge in [-0.3, -0.25) is 4.79 Å². The molecule has 2 rings (SSSR count). The van der Waals surface area contributed by atoms with Crippen LogP contribution in [0.15, 0.2) is 18.2 Å². The summed E-state index contributed by atoms with van der Waals surface area (Å²) in [7, 11) is -0.936. The van der Waals surface area contributed by atoms with Crippen LogP contribution in [0.5, 0.6) is 0 Å². The maximum Gasteiger partial charge on any atom is 0.498 e. The Balaban J connectivity index is 2.48. The summed E-state index contributed by atoms with van der Waals surface area (Å²) in [5.74, 6) is -1.26. The fourth-order valence-electron chi connectivity index (χ4n) is 1.95. The highest BCUT2D eigenvalue weighted by molar-refractivity contribution is 6.63. The second-order valence-electron chi connectivity index (χ2n) is 5.65. The van der Waals surface area contributed by atoms with Crippen LogP contribution in [0.1, 0.15) is 38.1 Å². The smallest absolute Gasteiger partial charge is 0.399 e. The van der Waals surface area contributed by atoms with Crippen molar-refractivity contribution >= 4 is 18.5 Å². The van der Waals surface area contributed by atoms with Crippen LogP contribution in [0.2, 0.25) is 0 Å². The van der Waals surface area contributed by atoms with Crippen LogP contribution in [-0.2, 0) is 9.31 Å². The predicted octanol–water partition coefficient (Wildman–Crippen LogP) is 1.22. The van der Waals surface area contributed by atoms with Crippen molar-refractivity contribution in [2.75, 3.05) is 0 Å². The van der Waals surface area contributed by atoms with Crippen molar-refractivity contribution in [1.29, 1.82) is 0 Å². The fraction of sp³-hybridized carbons (Fsp3) is 0.462. The number of amides is 1. The Morgan fingerprint density at radius 2 is 1.74 bits per heavy atom. The monoisotopic (exact) mass is 265 g/mol. The Labute approximate surface area is 112 Å². The van der Waals surface area contributed by atoms with Gasteiger partial charge in [-0.2, -0.15) is 0 Å². The van der Waals surface area contributed by atoms with Crippen molar-refractivity contribution in [2.45, 2.75) is 38.9 Å². The molecule has 1 amide bonds. The normalized spacial score (nSPS) is 20.6. The zero-order valence-electron chi connectivity index (χ0n) is 11.5. The van der Waals surface area contributed by atoms with E-state index in [0.717, 1.165) is 0 Å². The Bertz CT molecular complexity index is 515. The van der Waals surface area contributed by atoms with Crippen molar-refractivity contribution in [3.05, 3.63) is 29.6 Å². The van der Waals surface area contributed by atoms with E-state index >= 15 is 0 Å². The summed E-state index contributed by atoms with van der Waals surface area (Å²) in [6.07, 6.45) is 0. The van der Waals surface area contributed by atoms with E-state index in [1.807, 2.05) is 27.7 Å². The molecule has 0 aliphatic carbocycles. The summed E-state index contributed by atoms with van der Waals surface area (Å²) >= 11 is 0. The van der Waals surface area contributed by atoms with Crippen LogP contribution in [0.3, 0.4) is 0 Å². The van der Waals surface area contributed by atoms with Crippen molar-refractivity contribution in [1.82, 2.24) is 0 Å². The van der Waals surface area contributed by atoms with E-state index in [4.69, 9.17) is 15.0 Å². The van der Waals surface area contributed by atoms with Gasteiger partial charge in [-0.1, -0.05) is 6.07 Å². The van der Waals surface area contributed by atoms with Crippen LogP contribution in [-0.4, -0.2) is 24.2 Å². The molecule has 6 heteroatoms. The van der Waals surface area contributed by atoms with Gasteiger partial charge in [0.2, 0.25) is 5.91 Å². The number of hydrogen-bond donors (Lipinski definition) is 1. The third kappa shape index (κ3) is 2.26. The van der Waals surface area contributed by atoms with Gasteiger partial charge in [-0.25, -0.2) is 4.39 Å². The molecule has 1 aromatic carbocycles. The van der Waals surface area contributed by atoms with E-state index in [9.17, 15) is 9.18 Å². The Morgan fingerprint density at radius 1 is 1.21 bits per heavy atom. The number of hydrogen-bond acceptors (Lipinski definition) is 3. The largest absolute Gasteiger partial charge is 0.498 e. The lowest BCUT2D eigenvalue weighted by Gasteiger charge is -2.32. The summed E-state index contributed by atoms with van der Waals surface area (Å²) in [5, 5.41) is 0. The molecule has 1 fully saturated rings. The minimum Gasteiger partial charge on any atom is -0.399 e. The number of primary amides is 1. The Hall–Kier alpha value is -1.40. The first kappa shape index (κ1) is 14.0. The van der Waals surface area contributed by atoms with Crippen LogP contribution >= 0.6 is 0 Å². The van der Waals surface area contributed by atoms with E-state index in [0.29, 0.717) is 0 Å². The van der Waals surface area contributed by atoms with Crippen LogP contribution < -0.4 is 11.2 Å². The number of benzene rings is 1. The number of carbonyl (C=O) groups is 1. The molecule has 2 N–H and O–H groups in total. The number of nitrogens with two attached hydrogens (primary N) is 1. The summed E-state index contributed by atoms with van der Waals surface area (Å²) in [6.45, 7) is 7.44. The molecular weight excluding hydrogens is 248 g/mol. The molecule has 1 aliphatic rings. The molecule has 0 bridgehead atoms. The average Bonchev–Trinajstić information content (AvgIpc) is 2.47. The first-order chi connectivity index (χ1) is 8.66. The molecule has 102 valence electrons. The summed E-state index contributed by atoms with van der Waals surface area (Å²) in [5.41, 5.74) is 4.21. The molecule has 1 heterocycles. The molecule has 0 unspecified atom stereocenters. The SMILES string of the molecule is CC1(C)OB(c2c(F)cccc2C(N)=O)OC1(C)C. The summed E-state index contributed by atoms with van der Waals surface area (Å²) in [4.78, 5) is 11.4. The van der Waals surface area contributed by atoms with Crippen molar-refractivity contribution in [2.24, 2.45) is 5.73 Å². The molecule has 1 aliphatic heterocycles. The standard InChI is InChI=1S/C13H17BFNO3/c1-12(2)13(3,4)19-14(18-12)10-8(11(16)17)6-5-7-9(10)15/h5-7H,1-4H3,(H2,16,17). The molecule has 1 aromatic rings. The van der Waals surface area contributed by atoms with Gasteiger partial charge >= 0.3 is 7.12 Å². The molecule has 4 nitrogen and oxygen atoms in total. The Morgan fingerprint density at radius 3 is 2.21 bits per heavy atom. The second kappa shape index (κ2) is 4.32. The summed E-state index contributed by atoms with van der Waals surface area (Å²) in [6, 6.07) is 4.16. The quantitative estimate of drug-likeness (QED) is 0.818. The molecule has 0 aromatic heterocycles. The fourth-order valence-corrected chi connectivity index (χ4v) is 1.95. The van der Waals surface area contributed by atoms with Crippen molar-refractivity contribution in [3.8, 4) is 0 Å². The van der Waals surface area contributed by atoms with E-state index in [2.05, 4.69) is 0 Å². The van der Waals surface area contributed by atoms with Crippen molar-refractivity contribution < 1.29 is 18.5 Å². The van der Waals surface area contributed by atoms with Gasteiger partial charge < -0.3 is 15.0 Å². The van der Waals surface area contributed by atoms with Gasteiger partial charge in [-0.05, 0) is 39.8 Å². The third-order valence-corrected chi connectivity index (χ3v) is 3.81. The molecular formula is C13H17BFNO3. The van der Waals surface area contributed by atoms with E-state index in [1.165, 1.54) is 18.2 Å². The highest BCUT2D eigenvalue weighted by atomic mass is 19.1. The minimum atomic E-state index is -0.936. The lowest BCUT2D eigenvalue weighted by Crippen LogP contribution is -2.41. The van der Waals surface area contributed by atoms with E-state index < -0.39 is 30.0 Å². The lowest BCUT2D eigenvalue weighted by atomic mass is 9.75. The van der Waals surface area contributed by atoms with Gasteiger partial charge in [0.25, 0.3) is 0 Å². The predicted molar refractivity (Wildman–Crippen MR) is 70.6 cm³/mol. The van der Waals surface area contributed by atoms with Gasteiger partial charge in [0.05, 0.1) is 11.2 Å². The zero-order chi connectivity index (χ0) is 14.4. The minimum absolute atomic E-state index is 0.0636. The number of halogens is 1. The molecule has 19 heavy (non-hydrogen) atoms. The molecule has 0 atom stereocenters. The van der Waals surface area contributed by atoms with Crippen LogP contribution in [0.25, 0.3) is 0 Å². The first-order valence-corrected chi connectivity index (χ1v) is 6.09. The van der Waals surface area contributed by atoms with Crippen LogP contribution in [0.4, 0.5) is 4.39 Å². The molecule has 0 radical (unpaired) electrons. The Kier molecular flexibility index (Phi) is 3.19. The maximum atomic E-state index is 14.0.